The lowest BCUT2D eigenvalue weighted by Gasteiger charge is -2.15. The number of benzene rings is 2. The van der Waals surface area contributed by atoms with Gasteiger partial charge in [0.25, 0.3) is 0 Å². The van der Waals surface area contributed by atoms with Crippen LogP contribution in [0.5, 0.6) is 11.5 Å². The van der Waals surface area contributed by atoms with Crippen LogP contribution in [0.1, 0.15) is 56.6 Å². The highest BCUT2D eigenvalue weighted by Gasteiger charge is 2.13. The summed E-state index contributed by atoms with van der Waals surface area (Å²) in [5.41, 5.74) is 2.02. The Labute approximate surface area is 205 Å². The van der Waals surface area contributed by atoms with Crippen LogP contribution in [0.4, 0.5) is 0 Å². The zero-order valence-corrected chi connectivity index (χ0v) is 21.5. The van der Waals surface area contributed by atoms with Gasteiger partial charge < -0.3 is 14.8 Å². The predicted molar refractivity (Wildman–Crippen MR) is 134 cm³/mol. The summed E-state index contributed by atoms with van der Waals surface area (Å²) in [5, 5.41) is 4.71. The lowest BCUT2D eigenvalue weighted by Crippen LogP contribution is -2.14. The number of ether oxygens (including phenoxy) is 2. The number of nitrogens with one attached hydrogen (secondary N) is 1. The zero-order chi connectivity index (χ0) is 21.1. The Morgan fingerprint density at radius 1 is 1.00 bits per heavy atom. The van der Waals surface area contributed by atoms with Gasteiger partial charge in [-0.05, 0) is 58.7 Å². The van der Waals surface area contributed by atoms with Gasteiger partial charge in [0.15, 0.2) is 11.5 Å². The van der Waals surface area contributed by atoms with Crippen molar-refractivity contribution < 1.29 is 9.47 Å². The molecule has 168 valence electrons. The largest absolute Gasteiger partial charge is 0.493 e. The molecule has 0 unspecified atom stereocenters. The van der Waals surface area contributed by atoms with Crippen LogP contribution in [-0.4, -0.2) is 13.7 Å². The van der Waals surface area contributed by atoms with E-state index in [1.807, 2.05) is 12.1 Å². The van der Waals surface area contributed by atoms with E-state index in [1.165, 1.54) is 38.5 Å². The molecule has 0 amide bonds. The molecule has 7 heteroatoms. The summed E-state index contributed by atoms with van der Waals surface area (Å²) in [5.74, 6) is 1.36. The molecule has 0 heterocycles. The van der Waals surface area contributed by atoms with E-state index >= 15 is 0 Å². The molecule has 0 spiro atoms. The van der Waals surface area contributed by atoms with Crippen molar-refractivity contribution in [1.82, 2.24) is 5.32 Å². The fourth-order valence-corrected chi connectivity index (χ4v) is 4.13. The highest BCUT2D eigenvalue weighted by Crippen LogP contribution is 2.37. The highest BCUT2D eigenvalue weighted by atomic mass is 79.9. The van der Waals surface area contributed by atoms with Crippen molar-refractivity contribution >= 4 is 51.5 Å². The topological polar surface area (TPSA) is 30.5 Å². The summed E-state index contributed by atoms with van der Waals surface area (Å²) < 4.78 is 12.4. The summed E-state index contributed by atoms with van der Waals surface area (Å²) in [6, 6.07) is 9.46. The minimum Gasteiger partial charge on any atom is -0.493 e. The van der Waals surface area contributed by atoms with Gasteiger partial charge in [-0.2, -0.15) is 0 Å². The first-order chi connectivity index (χ1) is 14.0. The molecule has 0 fully saturated rings. The molecule has 3 nitrogen and oxygen atoms in total. The third kappa shape index (κ3) is 9.23. The van der Waals surface area contributed by atoms with Crippen molar-refractivity contribution in [2.45, 2.75) is 58.6 Å². The Hall–Kier alpha value is -0.650. The predicted octanol–water partition coefficient (Wildman–Crippen LogP) is 8.22. The van der Waals surface area contributed by atoms with E-state index < -0.39 is 0 Å². The van der Waals surface area contributed by atoms with Crippen LogP contribution in [0.25, 0.3) is 0 Å². The molecule has 0 radical (unpaired) electrons. The van der Waals surface area contributed by atoms with Gasteiger partial charge in [0.05, 0.1) is 11.6 Å². The average molecular weight is 540 g/mol. The highest BCUT2D eigenvalue weighted by molar-refractivity contribution is 9.10. The standard InChI is InChI=1S/C23H30BrCl2NO2.ClH/c1-3-4-5-6-7-8-11-27-15-17-12-20(24)23(22(13-17)28-2)29-16-18-9-10-19(25)14-21(18)26;/h9-10,12-14,27H,3-8,11,15-16H2,1-2H3;1H. The Bertz CT molecular complexity index is 774. The van der Waals surface area contributed by atoms with Gasteiger partial charge in [-0.15, -0.1) is 12.4 Å². The van der Waals surface area contributed by atoms with Crippen LogP contribution in [0.2, 0.25) is 10.0 Å². The lowest BCUT2D eigenvalue weighted by atomic mass is 10.1. The minimum absolute atomic E-state index is 0. The van der Waals surface area contributed by atoms with E-state index in [1.54, 1.807) is 19.2 Å². The van der Waals surface area contributed by atoms with E-state index in [0.29, 0.717) is 28.2 Å². The number of methoxy groups -OCH3 is 1. The van der Waals surface area contributed by atoms with E-state index in [9.17, 15) is 0 Å². The SMILES string of the molecule is CCCCCCCCNCc1cc(Br)c(OCc2ccc(Cl)cc2Cl)c(OC)c1.Cl. The van der Waals surface area contributed by atoms with Crippen molar-refractivity contribution in [3.05, 3.63) is 56.0 Å². The van der Waals surface area contributed by atoms with Crippen molar-refractivity contribution in [2.24, 2.45) is 0 Å². The Morgan fingerprint density at radius 3 is 2.43 bits per heavy atom. The number of hydrogen-bond donors (Lipinski definition) is 1. The van der Waals surface area contributed by atoms with Crippen LogP contribution >= 0.6 is 51.5 Å². The smallest absolute Gasteiger partial charge is 0.175 e. The molecule has 0 aliphatic heterocycles. The van der Waals surface area contributed by atoms with Gasteiger partial charge in [0, 0.05) is 22.2 Å². The normalized spacial score (nSPS) is 10.6. The molecule has 0 aromatic heterocycles. The van der Waals surface area contributed by atoms with E-state index in [2.05, 4.69) is 34.2 Å². The number of hydrogen-bond acceptors (Lipinski definition) is 3. The first-order valence-corrected chi connectivity index (χ1v) is 11.7. The molecule has 0 saturated carbocycles. The summed E-state index contributed by atoms with van der Waals surface area (Å²) in [4.78, 5) is 0. The van der Waals surface area contributed by atoms with E-state index in [-0.39, 0.29) is 12.4 Å². The van der Waals surface area contributed by atoms with Crippen LogP contribution in [0.3, 0.4) is 0 Å². The molecule has 0 atom stereocenters. The average Bonchev–Trinajstić information content (AvgIpc) is 2.70. The second-order valence-electron chi connectivity index (χ2n) is 7.08. The van der Waals surface area contributed by atoms with Crippen molar-refractivity contribution in [3.63, 3.8) is 0 Å². The third-order valence-corrected chi connectivity index (χ3v) is 5.89. The summed E-state index contributed by atoms with van der Waals surface area (Å²) in [6.45, 7) is 4.41. The van der Waals surface area contributed by atoms with Gasteiger partial charge in [-0.1, -0.05) is 68.3 Å². The van der Waals surface area contributed by atoms with Crippen LogP contribution < -0.4 is 14.8 Å². The van der Waals surface area contributed by atoms with Crippen LogP contribution in [0.15, 0.2) is 34.8 Å². The Balaban J connectivity index is 0.00000450. The third-order valence-electron chi connectivity index (χ3n) is 4.71. The van der Waals surface area contributed by atoms with Gasteiger partial charge in [0.2, 0.25) is 0 Å². The molecule has 2 rings (SSSR count). The molecule has 2 aromatic rings. The molecule has 0 saturated heterocycles. The lowest BCUT2D eigenvalue weighted by molar-refractivity contribution is 0.282. The van der Waals surface area contributed by atoms with Crippen LogP contribution in [0, 0.1) is 0 Å². The number of unbranched alkanes of at least 4 members (excludes halogenated alkanes) is 5. The van der Waals surface area contributed by atoms with Crippen LogP contribution in [-0.2, 0) is 13.2 Å². The summed E-state index contributed by atoms with van der Waals surface area (Å²) in [7, 11) is 1.65. The second-order valence-corrected chi connectivity index (χ2v) is 8.78. The maximum absolute atomic E-state index is 6.24. The fraction of sp³-hybridized carbons (Fsp3) is 0.478. The molecular weight excluding hydrogens is 509 g/mol. The molecule has 0 aliphatic carbocycles. The van der Waals surface area contributed by atoms with Gasteiger partial charge in [0.1, 0.15) is 6.61 Å². The maximum atomic E-state index is 6.24. The summed E-state index contributed by atoms with van der Waals surface area (Å²) in [6.07, 6.45) is 7.83. The molecule has 2 aromatic carbocycles. The quantitative estimate of drug-likeness (QED) is 0.260. The monoisotopic (exact) mass is 537 g/mol. The molecule has 1 N–H and O–H groups in total. The Kier molecular flexibility index (Phi) is 13.9. The Morgan fingerprint density at radius 2 is 1.73 bits per heavy atom. The van der Waals surface area contributed by atoms with Crippen molar-refractivity contribution in [3.8, 4) is 11.5 Å². The first-order valence-electron chi connectivity index (χ1n) is 10.2. The zero-order valence-electron chi connectivity index (χ0n) is 17.6. The summed E-state index contributed by atoms with van der Waals surface area (Å²) >= 11 is 15.8. The molecular formula is C23H31BrCl3NO2. The molecule has 30 heavy (non-hydrogen) atoms. The van der Waals surface area contributed by atoms with Gasteiger partial charge in [-0.25, -0.2) is 0 Å². The number of halogens is 4. The number of rotatable bonds is 13. The molecule has 0 bridgehead atoms. The fourth-order valence-electron chi connectivity index (χ4n) is 3.07. The van der Waals surface area contributed by atoms with Crippen molar-refractivity contribution in [2.75, 3.05) is 13.7 Å². The second kappa shape index (κ2) is 15.2. The van der Waals surface area contributed by atoms with Gasteiger partial charge >= 0.3 is 0 Å². The maximum Gasteiger partial charge on any atom is 0.175 e. The molecule has 0 aliphatic rings. The van der Waals surface area contributed by atoms with Crippen molar-refractivity contribution in [1.29, 1.82) is 0 Å². The van der Waals surface area contributed by atoms with E-state index in [4.69, 9.17) is 32.7 Å². The minimum atomic E-state index is 0. The first kappa shape index (κ1) is 27.4. The van der Waals surface area contributed by atoms with E-state index in [0.717, 1.165) is 28.7 Å². The van der Waals surface area contributed by atoms with Gasteiger partial charge in [-0.3, -0.25) is 0 Å².